The van der Waals surface area contributed by atoms with Crippen molar-refractivity contribution < 1.29 is 136 Å². The molecule has 31 nitrogen and oxygen atoms in total. The number of alkyl carbamates (subject to hydrolysis) is 2. The van der Waals surface area contributed by atoms with Crippen LogP contribution in [0.2, 0.25) is 0 Å². The van der Waals surface area contributed by atoms with E-state index < -0.39 is 59.2 Å². The second kappa shape index (κ2) is 60.5. The van der Waals surface area contributed by atoms with Crippen LogP contribution in [0.15, 0.2) is 0 Å². The molecule has 0 aromatic carbocycles. The molecule has 0 aliphatic carbocycles. The van der Waals surface area contributed by atoms with Crippen molar-refractivity contribution in [2.75, 3.05) is 214 Å². The molecule has 2 atom stereocenters. The average Bonchev–Trinajstić information content (AvgIpc) is 3.50. The molecule has 34 heteroatoms. The number of carboxylic acid groups (broad SMARTS) is 1. The summed E-state index contributed by atoms with van der Waals surface area (Å²) in [6.45, 7) is 22.5. The minimum absolute atomic E-state index is 0. The molecule has 0 spiro atoms. The van der Waals surface area contributed by atoms with Crippen LogP contribution in [-0.4, -0.2) is 291 Å². The van der Waals surface area contributed by atoms with Crippen molar-refractivity contribution in [3.05, 3.63) is 5.73 Å². The molecule has 9 N–H and O–H groups in total. The van der Waals surface area contributed by atoms with Gasteiger partial charge >= 0.3 is 45.2 Å². The van der Waals surface area contributed by atoms with Gasteiger partial charge in [-0.05, 0) is 41.5 Å². The molecule has 2 unspecified atom stereocenters. The molecule has 0 saturated carbocycles. The fourth-order valence-electron chi connectivity index (χ4n) is 5.30. The Morgan fingerprint density at radius 2 is 0.965 bits per heavy atom. The number of hydrogen-bond acceptors (Lipinski definition) is 26. The maximum Gasteiger partial charge on any atom is 2.00 e. The third kappa shape index (κ3) is 67.6. The number of ether oxygens (including phenoxy) is 15. The van der Waals surface area contributed by atoms with Gasteiger partial charge in [-0.3, -0.25) is 9.59 Å². The average molecular weight is 1440 g/mol. The molecule has 1 aliphatic heterocycles. The quantitative estimate of drug-likeness (QED) is 0.0132. The largest absolute Gasteiger partial charge is 2.00 e. The van der Waals surface area contributed by atoms with Crippen molar-refractivity contribution in [2.24, 2.45) is 5.73 Å². The predicted octanol–water partition coefficient (Wildman–Crippen LogP) is -0.523. The molecule has 6 amide bonds. The predicted molar refractivity (Wildman–Crippen MR) is 307 cm³/mol. The zero-order valence-electron chi connectivity index (χ0n) is 50.1. The molecule has 1 heterocycles. The Balaban J connectivity index is -0.00000132. The van der Waals surface area contributed by atoms with E-state index in [-0.39, 0.29) is 69.7 Å². The Labute approximate surface area is 522 Å². The number of esters is 1. The van der Waals surface area contributed by atoms with Crippen LogP contribution in [-0.2, 0) is 121 Å². The number of nitrogens with two attached hydrogens (primary N) is 1. The summed E-state index contributed by atoms with van der Waals surface area (Å²) in [5.41, 5.74) is 11.1. The van der Waals surface area contributed by atoms with Crippen molar-refractivity contribution in [1.82, 2.24) is 26.6 Å². The molecular formula is C51H95N7O24S2W. The van der Waals surface area contributed by atoms with E-state index in [9.17, 15) is 38.4 Å². The van der Waals surface area contributed by atoms with E-state index in [0.29, 0.717) is 172 Å². The number of carbonyl (C=O) groups is 7. The van der Waals surface area contributed by atoms with Crippen LogP contribution in [0.4, 0.5) is 9.59 Å². The van der Waals surface area contributed by atoms with E-state index >= 15 is 0 Å². The fourth-order valence-corrected chi connectivity index (χ4v) is 6.92. The van der Waals surface area contributed by atoms with Gasteiger partial charge in [-0.2, -0.15) is 18.2 Å². The number of nitrogens with one attached hydrogen (secondary N) is 6. The maximum atomic E-state index is 11.9. The molecule has 0 aromatic rings. The smallest absolute Gasteiger partial charge is 0.667 e. The minimum atomic E-state index is -1.08. The molecule has 1 saturated heterocycles. The van der Waals surface area contributed by atoms with Gasteiger partial charge in [-0.25, -0.2) is 19.2 Å². The van der Waals surface area contributed by atoms with Crippen LogP contribution in [0.1, 0.15) is 41.5 Å². The molecule has 0 bridgehead atoms. The van der Waals surface area contributed by atoms with Crippen LogP contribution in [0.5, 0.6) is 0 Å². The summed E-state index contributed by atoms with van der Waals surface area (Å²) >= 11 is 2.22. The summed E-state index contributed by atoms with van der Waals surface area (Å²) in [5, 5.41) is 20.8. The van der Waals surface area contributed by atoms with Gasteiger partial charge in [0, 0.05) is 36.9 Å². The van der Waals surface area contributed by atoms with E-state index in [1.165, 1.54) is 18.2 Å². The number of hydrogen-bond donors (Lipinski definition) is 7. The van der Waals surface area contributed by atoms with Crippen LogP contribution < -0.4 is 32.3 Å². The first-order valence-corrected chi connectivity index (χ1v) is 29.6. The van der Waals surface area contributed by atoms with E-state index in [2.05, 4.69) is 26.6 Å². The minimum Gasteiger partial charge on any atom is -0.667 e. The van der Waals surface area contributed by atoms with Crippen molar-refractivity contribution in [3.8, 4) is 0 Å². The van der Waals surface area contributed by atoms with Gasteiger partial charge in [-0.15, -0.1) is 11.8 Å². The first-order chi connectivity index (χ1) is 40.2. The Morgan fingerprint density at radius 3 is 1.29 bits per heavy atom. The summed E-state index contributed by atoms with van der Waals surface area (Å²) in [7, 11) is 0. The van der Waals surface area contributed by atoms with Gasteiger partial charge in [0.15, 0.2) is 0 Å². The normalized spacial score (nSPS) is 13.7. The standard InChI is InChI=1S/C25H46N3O12S.C19H40N2O8.C7H10N2O4S.W/c1-25(2,3)40-24(32)27-4-5-33-6-7-34-8-9-35-10-11-36-12-13-37-14-15-38-16-17-39-23(31)21(28-20-29)18-41-19-22(26)30;1-19(2,3)29-18(22)21-5-7-24-9-11-26-13-15-28-17-16-27-14-12-25-10-8-23-6-4-20;10-5-1-8-6(11)3-14-2-4(9-5)7(12)13;/h21H,4-19H2,1-3H3,(H4,26,27,28,29,30,32);4-17,20H2,1-3H3,(H,21,22);4H,1-3H2,(H,8,11)(H,9,10)(H,12,13);/q-1;;;+2/p-1. The Morgan fingerprint density at radius 1 is 0.612 bits per heavy atom. The number of carboxylic acids is 1. The third-order valence-electron chi connectivity index (χ3n) is 8.92. The van der Waals surface area contributed by atoms with Gasteiger partial charge in [0.05, 0.1) is 177 Å². The summed E-state index contributed by atoms with van der Waals surface area (Å²) in [6, 6.07) is -1.86. The van der Waals surface area contributed by atoms with E-state index in [1.54, 1.807) is 20.8 Å². The summed E-state index contributed by atoms with van der Waals surface area (Å²) in [6.07, 6.45) is 0.510. The zero-order valence-corrected chi connectivity index (χ0v) is 54.7. The van der Waals surface area contributed by atoms with E-state index in [1.807, 2.05) is 20.8 Å². The Kier molecular flexibility index (Phi) is 60.8. The third-order valence-corrected chi connectivity index (χ3v) is 11.0. The van der Waals surface area contributed by atoms with E-state index in [0.717, 1.165) is 11.8 Å². The molecule has 85 heavy (non-hydrogen) atoms. The van der Waals surface area contributed by atoms with Crippen LogP contribution >= 0.6 is 23.5 Å². The molecule has 0 radical (unpaired) electrons. The number of aliphatic carboxylic acids is 1. The first kappa shape index (κ1) is 85.4. The number of amides is 6. The van der Waals surface area contributed by atoms with Crippen molar-refractivity contribution in [1.29, 1.82) is 0 Å². The molecule has 1 aliphatic rings. The SMILES string of the molecule is CC(C)(C)OC(=O)NCCOCCOCCOCCOCCOCCOCCN.CC(C)(C)OC(=O)NCCOCCOCCOCCOCCOCCOCCOC(=O)C(CSCC([NH-])=O)N[C-]=O.O=C1CSCC(C(=O)O)NC(=O)CN1.[W+2]. The number of carbonyl (C=O) groups excluding carboxylic acids is 7. The Bertz CT molecular complexity index is 1700. The summed E-state index contributed by atoms with van der Waals surface area (Å²) in [4.78, 5) is 88.5. The number of rotatable bonds is 49. The van der Waals surface area contributed by atoms with Crippen LogP contribution in [0.3, 0.4) is 0 Å². The van der Waals surface area contributed by atoms with Gasteiger partial charge < -0.3 is 124 Å². The molecule has 496 valence electrons. The van der Waals surface area contributed by atoms with Crippen LogP contribution in [0.25, 0.3) is 5.73 Å². The van der Waals surface area contributed by atoms with Crippen LogP contribution in [0, 0.1) is 0 Å². The maximum absolute atomic E-state index is 11.9. The second-order valence-corrected chi connectivity index (χ2v) is 20.7. The topological polar surface area (TPSA) is 405 Å². The number of thioether (sulfide) groups is 2. The zero-order chi connectivity index (χ0) is 62.8. The van der Waals surface area contributed by atoms with Gasteiger partial charge in [0.25, 0.3) is 0 Å². The van der Waals surface area contributed by atoms with Gasteiger partial charge in [0.2, 0.25) is 11.8 Å². The molecule has 0 aromatic heterocycles. The van der Waals surface area contributed by atoms with E-state index in [4.69, 9.17) is 87.6 Å². The molecular weight excluding hydrogens is 1340 g/mol. The van der Waals surface area contributed by atoms with Gasteiger partial charge in [-0.1, -0.05) is 0 Å². The monoisotopic (exact) mass is 1440 g/mol. The van der Waals surface area contributed by atoms with Crippen molar-refractivity contribution in [3.63, 3.8) is 0 Å². The van der Waals surface area contributed by atoms with Gasteiger partial charge in [0.1, 0.15) is 29.9 Å². The van der Waals surface area contributed by atoms with Crippen molar-refractivity contribution >= 4 is 71.8 Å². The van der Waals surface area contributed by atoms with Crippen molar-refractivity contribution in [2.45, 2.75) is 64.8 Å². The summed E-state index contributed by atoms with van der Waals surface area (Å²) in [5.74, 6) is -2.85. The second-order valence-electron chi connectivity index (χ2n) is 18.6. The molecule has 1 rings (SSSR count). The fraction of sp³-hybridized carbons (Fsp3) is 0.843. The molecule has 1 fully saturated rings. The summed E-state index contributed by atoms with van der Waals surface area (Å²) < 4.78 is 79.5. The Hall–Kier alpha value is -3.77. The first-order valence-electron chi connectivity index (χ1n) is 27.2.